The molecule has 0 atom stereocenters. The van der Waals surface area contributed by atoms with Crippen molar-refractivity contribution in [1.82, 2.24) is 0 Å². The van der Waals surface area contributed by atoms with Crippen LogP contribution in [0.5, 0.6) is 5.75 Å². The van der Waals surface area contributed by atoms with Gasteiger partial charge in [-0.1, -0.05) is 25.1 Å². The fraction of sp³-hybridized carbons (Fsp3) is 0.250. The normalized spacial score (nSPS) is 11.4. The second-order valence-electron chi connectivity index (χ2n) is 4.79. The van der Waals surface area contributed by atoms with Gasteiger partial charge in [0.1, 0.15) is 5.75 Å². The molecule has 0 radical (unpaired) electrons. The van der Waals surface area contributed by atoms with Crippen molar-refractivity contribution >= 4 is 10.1 Å². The van der Waals surface area contributed by atoms with E-state index in [9.17, 15) is 13.0 Å². The first-order valence-corrected chi connectivity index (χ1v) is 8.07. The number of aryl methyl sites for hydroxylation is 1. The molecule has 5 heteroatoms. The molecule has 0 saturated carbocycles. The minimum absolute atomic E-state index is 0.0339. The highest BCUT2D eigenvalue weighted by Crippen LogP contribution is 2.34. The summed E-state index contributed by atoms with van der Waals surface area (Å²) < 4.78 is 37.8. The van der Waals surface area contributed by atoms with Gasteiger partial charge in [-0.25, -0.2) is 0 Å². The van der Waals surface area contributed by atoms with Gasteiger partial charge < -0.3 is 4.74 Å². The summed E-state index contributed by atoms with van der Waals surface area (Å²) >= 11 is 0. The van der Waals surface area contributed by atoms with Crippen molar-refractivity contribution in [2.75, 3.05) is 7.11 Å². The number of methoxy groups -OCH3 is 1. The molecule has 0 heterocycles. The largest absolute Gasteiger partial charge is 0.497 e. The monoisotopic (exact) mass is 306 g/mol. The molecule has 0 aliphatic carbocycles. The van der Waals surface area contributed by atoms with E-state index in [0.717, 1.165) is 16.7 Å². The van der Waals surface area contributed by atoms with Gasteiger partial charge in [0.25, 0.3) is 10.1 Å². The molecular formula is C16H18O4S. The Hall–Kier alpha value is -1.85. The molecule has 0 aliphatic heterocycles. The molecule has 112 valence electrons. The second-order valence-corrected chi connectivity index (χ2v) is 6.18. The minimum Gasteiger partial charge on any atom is -0.497 e. The molecule has 0 amide bonds. The molecule has 4 nitrogen and oxygen atoms in total. The number of rotatable bonds is 4. The first-order valence-electron chi connectivity index (χ1n) is 6.63. The lowest BCUT2D eigenvalue weighted by molar-refractivity contribution is 0.415. The van der Waals surface area contributed by atoms with Crippen LogP contribution in [0.2, 0.25) is 0 Å². The Morgan fingerprint density at radius 1 is 1.19 bits per heavy atom. The predicted molar refractivity (Wildman–Crippen MR) is 82.4 cm³/mol. The van der Waals surface area contributed by atoms with E-state index in [4.69, 9.17) is 4.74 Å². The fourth-order valence-electron chi connectivity index (χ4n) is 2.52. The van der Waals surface area contributed by atoms with Gasteiger partial charge >= 0.3 is 0 Å². The molecule has 1 N–H and O–H groups in total. The molecule has 0 fully saturated rings. The summed E-state index contributed by atoms with van der Waals surface area (Å²) in [6.45, 7) is 3.79. The smallest absolute Gasteiger partial charge is 0.294 e. The zero-order valence-electron chi connectivity index (χ0n) is 12.3. The first kappa shape index (κ1) is 15.5. The van der Waals surface area contributed by atoms with E-state index in [1.807, 2.05) is 38.1 Å². The van der Waals surface area contributed by atoms with E-state index in [-0.39, 0.29) is 4.90 Å². The van der Waals surface area contributed by atoms with Gasteiger partial charge in [0.05, 0.1) is 12.0 Å². The van der Waals surface area contributed by atoms with Crippen LogP contribution < -0.4 is 4.74 Å². The topological polar surface area (TPSA) is 63.6 Å². The van der Waals surface area contributed by atoms with Crippen molar-refractivity contribution in [3.63, 3.8) is 0 Å². The van der Waals surface area contributed by atoms with E-state index < -0.39 is 10.1 Å². The molecule has 0 spiro atoms. The van der Waals surface area contributed by atoms with Crippen molar-refractivity contribution in [3.05, 3.63) is 47.5 Å². The fourth-order valence-corrected chi connectivity index (χ4v) is 3.32. The molecule has 2 aromatic rings. The maximum absolute atomic E-state index is 11.6. The van der Waals surface area contributed by atoms with Crippen molar-refractivity contribution < 1.29 is 17.7 Å². The van der Waals surface area contributed by atoms with E-state index >= 15 is 0 Å². The number of benzene rings is 2. The second kappa shape index (κ2) is 5.87. The number of hydrogen-bond donors (Lipinski definition) is 1. The first-order chi connectivity index (χ1) is 9.88. The Morgan fingerprint density at radius 2 is 1.90 bits per heavy atom. The Bertz CT molecular complexity index is 764. The standard InChI is InChI=1S/C16H18O4S/c1-4-14-15(21(17,18)19)9-8-11(2)16(14)12-6-5-7-13(10-12)20-3/h5-10H,4H2,1-3H3,(H,17,18,19). The minimum atomic E-state index is -4.24. The quantitative estimate of drug-likeness (QED) is 0.878. The van der Waals surface area contributed by atoms with Gasteiger partial charge in [0.2, 0.25) is 0 Å². The third-order valence-electron chi connectivity index (χ3n) is 3.47. The zero-order valence-corrected chi connectivity index (χ0v) is 13.1. The zero-order chi connectivity index (χ0) is 15.6. The van der Waals surface area contributed by atoms with Gasteiger partial charge in [0, 0.05) is 0 Å². The summed E-state index contributed by atoms with van der Waals surface area (Å²) in [6, 6.07) is 10.6. The lowest BCUT2D eigenvalue weighted by atomic mass is 9.93. The van der Waals surface area contributed by atoms with E-state index in [1.54, 1.807) is 13.2 Å². The van der Waals surface area contributed by atoms with Crippen LogP contribution >= 0.6 is 0 Å². The highest BCUT2D eigenvalue weighted by atomic mass is 32.2. The molecule has 0 saturated heterocycles. The molecule has 0 aliphatic rings. The van der Waals surface area contributed by atoms with E-state index in [2.05, 4.69) is 0 Å². The average molecular weight is 306 g/mol. The van der Waals surface area contributed by atoms with Crippen molar-refractivity contribution in [2.24, 2.45) is 0 Å². The van der Waals surface area contributed by atoms with Crippen LogP contribution in [-0.4, -0.2) is 20.1 Å². The summed E-state index contributed by atoms with van der Waals surface area (Å²) in [4.78, 5) is -0.0339. The van der Waals surface area contributed by atoms with E-state index in [1.165, 1.54) is 6.07 Å². The lowest BCUT2D eigenvalue weighted by Gasteiger charge is -2.15. The summed E-state index contributed by atoms with van der Waals surface area (Å²) in [7, 11) is -2.66. The highest BCUT2D eigenvalue weighted by molar-refractivity contribution is 7.85. The highest BCUT2D eigenvalue weighted by Gasteiger charge is 2.19. The number of ether oxygens (including phenoxy) is 1. The van der Waals surface area contributed by atoms with Crippen LogP contribution in [0, 0.1) is 6.92 Å². The molecule has 21 heavy (non-hydrogen) atoms. The summed E-state index contributed by atoms with van der Waals surface area (Å²) in [5.74, 6) is 0.700. The molecular weight excluding hydrogens is 288 g/mol. The third-order valence-corrected chi connectivity index (χ3v) is 4.41. The van der Waals surface area contributed by atoms with Crippen LogP contribution in [0.4, 0.5) is 0 Å². The van der Waals surface area contributed by atoms with Crippen molar-refractivity contribution in [2.45, 2.75) is 25.2 Å². The van der Waals surface area contributed by atoms with Crippen molar-refractivity contribution in [3.8, 4) is 16.9 Å². The lowest BCUT2D eigenvalue weighted by Crippen LogP contribution is -2.05. The van der Waals surface area contributed by atoms with Crippen molar-refractivity contribution in [1.29, 1.82) is 0 Å². The molecule has 0 unspecified atom stereocenters. The molecule has 2 aromatic carbocycles. The third kappa shape index (κ3) is 3.09. The Balaban J connectivity index is 2.78. The average Bonchev–Trinajstić information content (AvgIpc) is 2.45. The van der Waals surface area contributed by atoms with Crippen LogP contribution in [-0.2, 0) is 16.5 Å². The van der Waals surface area contributed by atoms with Crippen LogP contribution in [0.15, 0.2) is 41.3 Å². The van der Waals surface area contributed by atoms with Gasteiger partial charge in [-0.05, 0) is 53.8 Å². The van der Waals surface area contributed by atoms with Gasteiger partial charge in [-0.2, -0.15) is 8.42 Å². The van der Waals surface area contributed by atoms with Crippen LogP contribution in [0.1, 0.15) is 18.1 Å². The van der Waals surface area contributed by atoms with Gasteiger partial charge in [-0.15, -0.1) is 0 Å². The summed E-state index contributed by atoms with van der Waals surface area (Å²) in [5, 5.41) is 0. The Kier molecular flexibility index (Phi) is 4.34. The maximum atomic E-state index is 11.6. The van der Waals surface area contributed by atoms with E-state index in [0.29, 0.717) is 17.7 Å². The molecule has 0 bridgehead atoms. The predicted octanol–water partition coefficient (Wildman–Crippen LogP) is 3.48. The van der Waals surface area contributed by atoms with Gasteiger partial charge in [-0.3, -0.25) is 4.55 Å². The van der Waals surface area contributed by atoms with Gasteiger partial charge in [0.15, 0.2) is 0 Å². The molecule has 0 aromatic heterocycles. The van der Waals surface area contributed by atoms with Crippen LogP contribution in [0.3, 0.4) is 0 Å². The SMILES string of the molecule is CCc1c(S(=O)(=O)O)ccc(C)c1-c1cccc(OC)c1. The number of hydrogen-bond acceptors (Lipinski definition) is 3. The Labute approximate surface area is 125 Å². The Morgan fingerprint density at radius 3 is 2.48 bits per heavy atom. The maximum Gasteiger partial charge on any atom is 0.294 e. The summed E-state index contributed by atoms with van der Waals surface area (Å²) in [6.07, 6.45) is 0.503. The van der Waals surface area contributed by atoms with Crippen LogP contribution in [0.25, 0.3) is 11.1 Å². The summed E-state index contributed by atoms with van der Waals surface area (Å²) in [5.41, 5.74) is 3.26. The molecule has 2 rings (SSSR count).